The topological polar surface area (TPSA) is 97.4 Å². The van der Waals surface area contributed by atoms with Crippen molar-refractivity contribution in [3.05, 3.63) is 65.7 Å². The minimum atomic E-state index is -1.31. The van der Waals surface area contributed by atoms with Crippen LogP contribution in [0.15, 0.2) is 54.6 Å². The van der Waals surface area contributed by atoms with E-state index in [0.717, 1.165) is 27.0 Å². The van der Waals surface area contributed by atoms with E-state index in [-0.39, 0.29) is 12.5 Å². The normalized spacial score (nSPS) is 18.8. The number of benzene rings is 3. The van der Waals surface area contributed by atoms with Crippen LogP contribution in [0.1, 0.15) is 18.1 Å². The molecule has 3 aromatic rings. The molecule has 36 heavy (non-hydrogen) atoms. The average Bonchev–Trinajstić information content (AvgIpc) is 3.11. The number of carbonyl (C=O) groups is 3. The van der Waals surface area contributed by atoms with Crippen LogP contribution in [0.25, 0.3) is 10.8 Å². The predicted molar refractivity (Wildman–Crippen MR) is 132 cm³/mol. The molecule has 4 amide bonds. The van der Waals surface area contributed by atoms with Crippen LogP contribution >= 0.6 is 0 Å². The molecule has 2 heterocycles. The Bertz CT molecular complexity index is 1370. The first-order valence-electron chi connectivity index (χ1n) is 11.6. The summed E-state index contributed by atoms with van der Waals surface area (Å²) in [6.07, 6.45) is 0. The first-order valence-corrected chi connectivity index (χ1v) is 11.6. The molecule has 2 aliphatic heterocycles. The van der Waals surface area contributed by atoms with Crippen molar-refractivity contribution < 1.29 is 28.6 Å². The molecule has 9 nitrogen and oxygen atoms in total. The van der Waals surface area contributed by atoms with Gasteiger partial charge in [-0.25, -0.2) is 4.79 Å². The Kier molecular flexibility index (Phi) is 5.91. The van der Waals surface area contributed by atoms with Gasteiger partial charge in [0, 0.05) is 13.6 Å². The van der Waals surface area contributed by atoms with Gasteiger partial charge in [-0.3, -0.25) is 14.5 Å². The highest BCUT2D eigenvalue weighted by molar-refractivity contribution is 6.09. The number of methoxy groups -OCH3 is 1. The van der Waals surface area contributed by atoms with E-state index in [4.69, 9.17) is 14.2 Å². The molecule has 9 heteroatoms. The molecule has 0 radical (unpaired) electrons. The number of nitrogens with zero attached hydrogens (tertiary/aromatic N) is 2. The van der Waals surface area contributed by atoms with Gasteiger partial charge in [-0.05, 0) is 59.2 Å². The molecule has 1 N–H and O–H groups in total. The van der Waals surface area contributed by atoms with Gasteiger partial charge in [-0.15, -0.1) is 0 Å². The maximum atomic E-state index is 13.3. The first-order chi connectivity index (χ1) is 17.3. The third-order valence-corrected chi connectivity index (χ3v) is 6.65. The van der Waals surface area contributed by atoms with E-state index in [2.05, 4.69) is 5.32 Å². The van der Waals surface area contributed by atoms with Gasteiger partial charge < -0.3 is 24.4 Å². The highest BCUT2D eigenvalue weighted by atomic mass is 16.6. The van der Waals surface area contributed by atoms with Crippen LogP contribution in [-0.2, 0) is 21.7 Å². The lowest BCUT2D eigenvalue weighted by Gasteiger charge is -2.25. The van der Waals surface area contributed by atoms with Crippen molar-refractivity contribution in [1.82, 2.24) is 15.1 Å². The highest BCUT2D eigenvalue weighted by Gasteiger charge is 2.50. The summed E-state index contributed by atoms with van der Waals surface area (Å²) < 4.78 is 16.4. The molecular formula is C27H27N3O6. The third kappa shape index (κ3) is 4.17. The van der Waals surface area contributed by atoms with E-state index in [9.17, 15) is 14.4 Å². The SMILES string of the molecule is COc1ccc2cc(CN(C)C(=O)CN3C(=O)NC(C)(c4ccc5c(c4)OCCO5)C3=O)ccc2c1. The zero-order valence-corrected chi connectivity index (χ0v) is 20.4. The van der Waals surface area contributed by atoms with Crippen molar-refractivity contribution in [3.8, 4) is 17.2 Å². The third-order valence-electron chi connectivity index (χ3n) is 6.65. The van der Waals surface area contributed by atoms with Gasteiger partial charge in [-0.2, -0.15) is 0 Å². The molecule has 0 bridgehead atoms. The number of imide groups is 1. The van der Waals surface area contributed by atoms with E-state index in [1.165, 1.54) is 4.90 Å². The second-order valence-corrected chi connectivity index (χ2v) is 9.10. The van der Waals surface area contributed by atoms with E-state index >= 15 is 0 Å². The fraction of sp³-hybridized carbons (Fsp3) is 0.296. The number of likely N-dealkylation sites (N-methyl/N-ethyl adjacent to an activating group) is 1. The molecule has 0 saturated carbocycles. The quantitative estimate of drug-likeness (QED) is 0.535. The molecule has 0 aliphatic carbocycles. The number of rotatable bonds is 6. The Balaban J connectivity index is 1.28. The Hall–Kier alpha value is -4.27. The molecule has 5 rings (SSSR count). The largest absolute Gasteiger partial charge is 0.497 e. The van der Waals surface area contributed by atoms with Gasteiger partial charge in [0.2, 0.25) is 5.91 Å². The van der Waals surface area contributed by atoms with Crippen LogP contribution in [0.5, 0.6) is 17.2 Å². The zero-order chi connectivity index (χ0) is 25.4. The van der Waals surface area contributed by atoms with Crippen LogP contribution in [0.2, 0.25) is 0 Å². The van der Waals surface area contributed by atoms with Gasteiger partial charge in [0.25, 0.3) is 5.91 Å². The van der Waals surface area contributed by atoms with Gasteiger partial charge in [0.05, 0.1) is 7.11 Å². The molecule has 1 unspecified atom stereocenters. The molecule has 1 saturated heterocycles. The number of fused-ring (bicyclic) bond motifs is 2. The lowest BCUT2D eigenvalue weighted by molar-refractivity contribution is -0.138. The predicted octanol–water partition coefficient (Wildman–Crippen LogP) is 3.05. The van der Waals surface area contributed by atoms with Crippen molar-refractivity contribution in [3.63, 3.8) is 0 Å². The van der Waals surface area contributed by atoms with E-state index < -0.39 is 17.5 Å². The molecular weight excluding hydrogens is 462 g/mol. The summed E-state index contributed by atoms with van der Waals surface area (Å²) >= 11 is 0. The smallest absolute Gasteiger partial charge is 0.325 e. The first kappa shape index (κ1) is 23.5. The lowest BCUT2D eigenvalue weighted by Crippen LogP contribution is -2.43. The Morgan fingerprint density at radius 1 is 1.03 bits per heavy atom. The monoisotopic (exact) mass is 489 g/mol. The maximum absolute atomic E-state index is 13.3. The number of urea groups is 1. The summed E-state index contributed by atoms with van der Waals surface area (Å²) in [4.78, 5) is 41.5. The molecule has 1 fully saturated rings. The molecule has 0 aromatic heterocycles. The van der Waals surface area contributed by atoms with Crippen molar-refractivity contribution in [2.45, 2.75) is 19.0 Å². The van der Waals surface area contributed by atoms with Gasteiger partial charge in [0.15, 0.2) is 11.5 Å². The summed E-state index contributed by atoms with van der Waals surface area (Å²) in [7, 11) is 3.28. The second kappa shape index (κ2) is 9.07. The molecule has 2 aliphatic rings. The van der Waals surface area contributed by atoms with Crippen LogP contribution in [-0.4, -0.2) is 61.6 Å². The van der Waals surface area contributed by atoms with Crippen molar-refractivity contribution in [1.29, 1.82) is 0 Å². The number of carbonyl (C=O) groups excluding carboxylic acids is 3. The summed E-state index contributed by atoms with van der Waals surface area (Å²) in [5, 5.41) is 4.80. The number of hydrogen-bond acceptors (Lipinski definition) is 6. The van der Waals surface area contributed by atoms with Crippen LogP contribution in [0, 0.1) is 0 Å². The fourth-order valence-electron chi connectivity index (χ4n) is 4.51. The average molecular weight is 490 g/mol. The standard InChI is InChI=1S/C27H27N3O6/c1-27(20-7-9-22-23(14-20)36-11-10-35-22)25(32)30(26(33)28-27)16-24(31)29(2)15-17-4-5-19-13-21(34-3)8-6-18(19)12-17/h4-9,12-14H,10-11,15-16H2,1-3H3,(H,28,33). The molecule has 1 atom stereocenters. The number of amides is 4. The fourth-order valence-corrected chi connectivity index (χ4v) is 4.51. The Morgan fingerprint density at radius 3 is 2.53 bits per heavy atom. The molecule has 186 valence electrons. The highest BCUT2D eigenvalue weighted by Crippen LogP contribution is 2.36. The summed E-state index contributed by atoms with van der Waals surface area (Å²) in [5.74, 6) is 1.04. The zero-order valence-electron chi connectivity index (χ0n) is 20.4. The summed E-state index contributed by atoms with van der Waals surface area (Å²) in [6.45, 7) is 2.47. The van der Waals surface area contributed by atoms with Gasteiger partial charge >= 0.3 is 6.03 Å². The van der Waals surface area contributed by atoms with E-state index in [1.54, 1.807) is 39.3 Å². The van der Waals surface area contributed by atoms with Crippen LogP contribution in [0.4, 0.5) is 4.79 Å². The maximum Gasteiger partial charge on any atom is 0.325 e. The molecule has 3 aromatic carbocycles. The van der Waals surface area contributed by atoms with Crippen molar-refractivity contribution >= 4 is 28.6 Å². The van der Waals surface area contributed by atoms with Crippen LogP contribution < -0.4 is 19.5 Å². The number of hydrogen-bond donors (Lipinski definition) is 1. The number of ether oxygens (including phenoxy) is 3. The summed E-state index contributed by atoms with van der Waals surface area (Å²) in [6, 6.07) is 16.2. The number of nitrogens with one attached hydrogen (secondary N) is 1. The van der Waals surface area contributed by atoms with Gasteiger partial charge in [0.1, 0.15) is 31.0 Å². The van der Waals surface area contributed by atoms with Crippen molar-refractivity contribution in [2.24, 2.45) is 0 Å². The Morgan fingerprint density at radius 2 is 1.75 bits per heavy atom. The summed E-state index contributed by atoms with van der Waals surface area (Å²) in [5.41, 5.74) is 0.175. The minimum Gasteiger partial charge on any atom is -0.497 e. The van der Waals surface area contributed by atoms with Gasteiger partial charge in [-0.1, -0.05) is 24.3 Å². The molecule has 0 spiro atoms. The second-order valence-electron chi connectivity index (χ2n) is 9.10. The Labute approximate surface area is 208 Å². The van der Waals surface area contributed by atoms with E-state index in [0.29, 0.717) is 36.8 Å². The van der Waals surface area contributed by atoms with Crippen molar-refractivity contribution in [2.75, 3.05) is 33.9 Å². The lowest BCUT2D eigenvalue weighted by atomic mass is 9.91. The minimum absolute atomic E-state index is 0.337. The van der Waals surface area contributed by atoms with Crippen LogP contribution in [0.3, 0.4) is 0 Å². The van der Waals surface area contributed by atoms with E-state index in [1.807, 2.05) is 36.4 Å².